The van der Waals surface area contributed by atoms with E-state index in [0.717, 1.165) is 11.6 Å². The molecule has 7 heteroatoms. The molecular weight excluding hydrogens is 353 g/mol. The monoisotopic (exact) mass is 373 g/mol. The topological polar surface area (TPSA) is 76.1 Å². The molecule has 1 N–H and O–H groups in total. The molecule has 1 heterocycles. The number of likely N-dealkylation sites (tertiary alicyclic amines) is 1. The van der Waals surface area contributed by atoms with Gasteiger partial charge in [0.25, 0.3) is 5.91 Å². The zero-order valence-corrected chi connectivity index (χ0v) is 15.0. The number of carbonyl (C=O) groups is 2. The first-order valence-electron chi connectivity index (χ1n) is 8.44. The molecule has 1 fully saturated rings. The van der Waals surface area contributed by atoms with Crippen LogP contribution < -0.4 is 9.47 Å². The van der Waals surface area contributed by atoms with Crippen LogP contribution in [0.1, 0.15) is 21.8 Å². The maximum Gasteiger partial charge on any atom is 0.308 e. The second kappa shape index (κ2) is 7.65. The summed E-state index contributed by atoms with van der Waals surface area (Å²) in [6.07, 6.45) is 0. The van der Waals surface area contributed by atoms with Gasteiger partial charge in [-0.2, -0.15) is 0 Å². The molecule has 1 amide bonds. The minimum absolute atomic E-state index is 0.0154. The second-order valence-electron chi connectivity index (χ2n) is 6.36. The lowest BCUT2D eigenvalue weighted by atomic mass is 9.89. The van der Waals surface area contributed by atoms with Crippen LogP contribution >= 0.6 is 0 Å². The summed E-state index contributed by atoms with van der Waals surface area (Å²) in [4.78, 5) is 25.9. The summed E-state index contributed by atoms with van der Waals surface area (Å²) in [5.74, 6) is -2.98. The largest absolute Gasteiger partial charge is 0.493 e. The summed E-state index contributed by atoms with van der Waals surface area (Å²) in [5.41, 5.74) is 0.665. The van der Waals surface area contributed by atoms with Crippen molar-refractivity contribution in [3.05, 3.63) is 59.4 Å². The summed E-state index contributed by atoms with van der Waals surface area (Å²) in [6, 6.07) is 11.5. The number of benzene rings is 2. The SMILES string of the molecule is COc1cc(F)c(C(=O)N2CC(C(=O)O)C(c3ccccc3)C2)cc1OC. The fraction of sp³-hybridized carbons (Fsp3) is 0.300. The normalized spacial score (nSPS) is 19.0. The second-order valence-corrected chi connectivity index (χ2v) is 6.36. The Labute approximate surface area is 156 Å². The van der Waals surface area contributed by atoms with Crippen molar-refractivity contribution in [1.29, 1.82) is 0 Å². The average Bonchev–Trinajstić information content (AvgIpc) is 3.13. The van der Waals surface area contributed by atoms with Crippen molar-refractivity contribution in [2.75, 3.05) is 27.3 Å². The molecule has 0 spiro atoms. The zero-order valence-electron chi connectivity index (χ0n) is 15.0. The lowest BCUT2D eigenvalue weighted by Crippen LogP contribution is -2.30. The number of amides is 1. The van der Waals surface area contributed by atoms with E-state index in [1.807, 2.05) is 30.3 Å². The number of hydrogen-bond acceptors (Lipinski definition) is 4. The first-order valence-corrected chi connectivity index (χ1v) is 8.44. The Morgan fingerprint density at radius 1 is 1.07 bits per heavy atom. The number of carboxylic acids is 1. The Balaban J connectivity index is 1.91. The van der Waals surface area contributed by atoms with E-state index in [-0.39, 0.29) is 36.1 Å². The molecular formula is C20H20FNO5. The number of carboxylic acid groups (broad SMARTS) is 1. The van der Waals surface area contributed by atoms with Crippen LogP contribution in [0.4, 0.5) is 4.39 Å². The van der Waals surface area contributed by atoms with E-state index >= 15 is 0 Å². The molecule has 1 aliphatic heterocycles. The average molecular weight is 373 g/mol. The van der Waals surface area contributed by atoms with Gasteiger partial charge >= 0.3 is 5.97 Å². The van der Waals surface area contributed by atoms with Gasteiger partial charge in [-0.05, 0) is 11.6 Å². The predicted octanol–water partition coefficient (Wildman–Crippen LogP) is 2.78. The van der Waals surface area contributed by atoms with Gasteiger partial charge in [0.15, 0.2) is 11.5 Å². The predicted molar refractivity (Wildman–Crippen MR) is 95.7 cm³/mol. The molecule has 1 aliphatic rings. The molecule has 142 valence electrons. The maximum absolute atomic E-state index is 14.4. The molecule has 0 radical (unpaired) electrons. The van der Waals surface area contributed by atoms with Crippen molar-refractivity contribution in [3.63, 3.8) is 0 Å². The molecule has 0 bridgehead atoms. The van der Waals surface area contributed by atoms with Crippen molar-refractivity contribution in [3.8, 4) is 11.5 Å². The number of carbonyl (C=O) groups excluding carboxylic acids is 1. The molecule has 2 atom stereocenters. The number of methoxy groups -OCH3 is 2. The van der Waals surface area contributed by atoms with E-state index in [0.29, 0.717) is 0 Å². The molecule has 2 aromatic rings. The molecule has 1 saturated heterocycles. The minimum Gasteiger partial charge on any atom is -0.493 e. The minimum atomic E-state index is -0.980. The molecule has 0 aromatic heterocycles. The summed E-state index contributed by atoms with van der Waals surface area (Å²) < 4.78 is 24.6. The summed E-state index contributed by atoms with van der Waals surface area (Å²) >= 11 is 0. The van der Waals surface area contributed by atoms with Gasteiger partial charge < -0.3 is 19.5 Å². The number of aliphatic carboxylic acids is 1. The Morgan fingerprint density at radius 2 is 1.70 bits per heavy atom. The molecule has 2 unspecified atom stereocenters. The Kier molecular flexibility index (Phi) is 5.30. The van der Waals surface area contributed by atoms with Crippen LogP contribution in [0.2, 0.25) is 0 Å². The van der Waals surface area contributed by atoms with Crippen molar-refractivity contribution in [1.82, 2.24) is 4.90 Å². The quantitative estimate of drug-likeness (QED) is 0.872. The van der Waals surface area contributed by atoms with E-state index in [2.05, 4.69) is 0 Å². The highest BCUT2D eigenvalue weighted by atomic mass is 19.1. The van der Waals surface area contributed by atoms with E-state index < -0.39 is 23.6 Å². The molecule has 2 aromatic carbocycles. The van der Waals surface area contributed by atoms with Crippen LogP contribution in [0, 0.1) is 11.7 Å². The first-order chi connectivity index (χ1) is 13.0. The third-order valence-electron chi connectivity index (χ3n) is 4.86. The van der Waals surface area contributed by atoms with Gasteiger partial charge in [-0.25, -0.2) is 4.39 Å². The number of hydrogen-bond donors (Lipinski definition) is 1. The number of nitrogens with zero attached hydrogens (tertiary/aromatic N) is 1. The molecule has 0 saturated carbocycles. The molecule has 6 nitrogen and oxygen atoms in total. The van der Waals surface area contributed by atoms with Gasteiger partial charge in [-0.3, -0.25) is 9.59 Å². The standard InChI is InChI=1S/C20H20FNO5/c1-26-17-8-13(16(21)9-18(17)27-2)19(23)22-10-14(15(11-22)20(24)25)12-6-4-3-5-7-12/h3-9,14-15H,10-11H2,1-2H3,(H,24,25). The number of halogens is 1. The lowest BCUT2D eigenvalue weighted by molar-refractivity contribution is -0.141. The van der Waals surface area contributed by atoms with Gasteiger partial charge in [0, 0.05) is 25.1 Å². The third-order valence-corrected chi connectivity index (χ3v) is 4.86. The van der Waals surface area contributed by atoms with Crippen molar-refractivity contribution >= 4 is 11.9 Å². The van der Waals surface area contributed by atoms with Crippen LogP contribution in [0.15, 0.2) is 42.5 Å². The van der Waals surface area contributed by atoms with Crippen molar-refractivity contribution in [2.24, 2.45) is 5.92 Å². The molecule has 3 rings (SSSR count). The van der Waals surface area contributed by atoms with Gasteiger partial charge in [-0.15, -0.1) is 0 Å². The summed E-state index contributed by atoms with van der Waals surface area (Å²) in [7, 11) is 2.77. The van der Waals surface area contributed by atoms with E-state index in [1.165, 1.54) is 25.2 Å². The Hall–Kier alpha value is -3.09. The van der Waals surface area contributed by atoms with Gasteiger partial charge in [-0.1, -0.05) is 30.3 Å². The van der Waals surface area contributed by atoms with E-state index in [1.54, 1.807) is 0 Å². The summed E-state index contributed by atoms with van der Waals surface area (Å²) in [6.45, 7) is 0.217. The highest BCUT2D eigenvalue weighted by Gasteiger charge is 2.41. The van der Waals surface area contributed by atoms with Crippen molar-refractivity contribution in [2.45, 2.75) is 5.92 Å². The van der Waals surface area contributed by atoms with Gasteiger partial charge in [0.05, 0.1) is 25.7 Å². The van der Waals surface area contributed by atoms with Crippen LogP contribution in [0.5, 0.6) is 11.5 Å². The Bertz CT molecular complexity index is 855. The number of ether oxygens (including phenoxy) is 2. The zero-order chi connectivity index (χ0) is 19.6. The van der Waals surface area contributed by atoms with E-state index in [9.17, 15) is 19.1 Å². The number of rotatable bonds is 5. The summed E-state index contributed by atoms with van der Waals surface area (Å²) in [5, 5.41) is 9.57. The van der Waals surface area contributed by atoms with Gasteiger partial charge in [0.1, 0.15) is 5.82 Å². The fourth-order valence-corrected chi connectivity index (χ4v) is 3.45. The third kappa shape index (κ3) is 3.58. The smallest absolute Gasteiger partial charge is 0.308 e. The lowest BCUT2D eigenvalue weighted by Gasteiger charge is -2.18. The van der Waals surface area contributed by atoms with Gasteiger partial charge in [0.2, 0.25) is 0 Å². The highest BCUT2D eigenvalue weighted by Crippen LogP contribution is 2.35. The van der Waals surface area contributed by atoms with Crippen LogP contribution in [0.3, 0.4) is 0 Å². The molecule has 27 heavy (non-hydrogen) atoms. The maximum atomic E-state index is 14.4. The van der Waals surface area contributed by atoms with Crippen molar-refractivity contribution < 1.29 is 28.6 Å². The fourth-order valence-electron chi connectivity index (χ4n) is 3.45. The van der Waals surface area contributed by atoms with Crippen LogP contribution in [-0.4, -0.2) is 49.2 Å². The highest BCUT2D eigenvalue weighted by molar-refractivity contribution is 5.96. The van der Waals surface area contributed by atoms with E-state index in [4.69, 9.17) is 9.47 Å². The van der Waals surface area contributed by atoms with Crippen LogP contribution in [0.25, 0.3) is 0 Å². The van der Waals surface area contributed by atoms with Crippen LogP contribution in [-0.2, 0) is 4.79 Å². The molecule has 0 aliphatic carbocycles. The Morgan fingerprint density at radius 3 is 2.30 bits per heavy atom. The first kappa shape index (κ1) is 18.7.